The molecule has 2 aromatic rings. The van der Waals surface area contributed by atoms with Gasteiger partial charge in [-0.25, -0.2) is 8.42 Å². The van der Waals surface area contributed by atoms with Crippen LogP contribution >= 0.6 is 15.9 Å². The lowest BCUT2D eigenvalue weighted by atomic mass is 10.3. The Kier molecular flexibility index (Phi) is 4.52. The number of nitrogens with two attached hydrogens (primary N) is 1. The summed E-state index contributed by atoms with van der Waals surface area (Å²) in [5.41, 5.74) is 6.08. The van der Waals surface area contributed by atoms with Crippen LogP contribution in [0.15, 0.2) is 50.4 Å². The highest BCUT2D eigenvalue weighted by atomic mass is 79.9. The van der Waals surface area contributed by atoms with Crippen LogP contribution in [0.25, 0.3) is 0 Å². The van der Waals surface area contributed by atoms with Crippen LogP contribution in [0.1, 0.15) is 12.7 Å². The van der Waals surface area contributed by atoms with Gasteiger partial charge in [-0.3, -0.25) is 4.31 Å². The monoisotopic (exact) mass is 358 g/mol. The molecule has 0 atom stereocenters. The zero-order valence-electron chi connectivity index (χ0n) is 10.9. The number of hydrogen-bond acceptors (Lipinski definition) is 4. The standard InChI is InChI=1S/C13H15BrN2O3S/c1-2-16(10-6-4-3-5-7-10)20(17,18)12-8-11(9-15)19-13(12)14/h3-8H,2,9,15H2,1H3. The fraction of sp³-hybridized carbons (Fsp3) is 0.231. The minimum Gasteiger partial charge on any atom is -0.452 e. The van der Waals surface area contributed by atoms with E-state index in [1.54, 1.807) is 31.2 Å². The molecular formula is C13H15BrN2O3S. The summed E-state index contributed by atoms with van der Waals surface area (Å²) in [7, 11) is -3.69. The minimum absolute atomic E-state index is 0.0867. The average molecular weight is 359 g/mol. The number of hydrogen-bond donors (Lipinski definition) is 1. The summed E-state index contributed by atoms with van der Waals surface area (Å²) in [5, 5.41) is 0. The van der Waals surface area contributed by atoms with E-state index in [1.807, 2.05) is 6.07 Å². The van der Waals surface area contributed by atoms with Gasteiger partial charge in [0.2, 0.25) is 0 Å². The molecule has 1 aromatic heterocycles. The molecule has 108 valence electrons. The molecule has 0 saturated heterocycles. The predicted molar refractivity (Wildman–Crippen MR) is 80.9 cm³/mol. The third-order valence-electron chi connectivity index (χ3n) is 2.81. The molecule has 20 heavy (non-hydrogen) atoms. The molecule has 0 aliphatic heterocycles. The SMILES string of the molecule is CCN(c1ccccc1)S(=O)(=O)c1cc(CN)oc1Br. The molecule has 0 aliphatic rings. The fourth-order valence-corrected chi connectivity index (χ4v) is 4.32. The van der Waals surface area contributed by atoms with Crippen molar-refractivity contribution in [2.75, 3.05) is 10.8 Å². The predicted octanol–water partition coefficient (Wildman–Crippen LogP) is 2.72. The van der Waals surface area contributed by atoms with E-state index in [2.05, 4.69) is 15.9 Å². The molecule has 0 amide bonds. The van der Waals surface area contributed by atoms with Crippen LogP contribution in [0.4, 0.5) is 5.69 Å². The molecule has 1 aromatic carbocycles. The van der Waals surface area contributed by atoms with E-state index >= 15 is 0 Å². The second-order valence-electron chi connectivity index (χ2n) is 4.06. The van der Waals surface area contributed by atoms with E-state index in [-0.39, 0.29) is 16.1 Å². The Labute approximate surface area is 126 Å². The van der Waals surface area contributed by atoms with Crippen molar-refractivity contribution in [2.45, 2.75) is 18.4 Å². The van der Waals surface area contributed by atoms with E-state index in [0.29, 0.717) is 18.0 Å². The number of nitrogens with zero attached hydrogens (tertiary/aromatic N) is 1. The summed E-state index contributed by atoms with van der Waals surface area (Å²) >= 11 is 3.14. The van der Waals surface area contributed by atoms with Crippen LogP contribution in [-0.2, 0) is 16.6 Å². The molecule has 0 bridgehead atoms. The number of benzene rings is 1. The summed E-state index contributed by atoms with van der Waals surface area (Å²) in [5.74, 6) is 0.416. The molecule has 0 saturated carbocycles. The van der Waals surface area contributed by atoms with Crippen LogP contribution in [0.2, 0.25) is 0 Å². The quantitative estimate of drug-likeness (QED) is 0.891. The molecule has 2 rings (SSSR count). The summed E-state index contributed by atoms with van der Waals surface area (Å²) in [6, 6.07) is 10.4. The van der Waals surface area contributed by atoms with E-state index in [4.69, 9.17) is 10.2 Å². The van der Waals surface area contributed by atoms with Gasteiger partial charge in [-0.1, -0.05) is 18.2 Å². The van der Waals surface area contributed by atoms with Gasteiger partial charge in [-0.05, 0) is 35.0 Å². The van der Waals surface area contributed by atoms with Gasteiger partial charge >= 0.3 is 0 Å². The van der Waals surface area contributed by atoms with Crippen molar-refractivity contribution >= 4 is 31.6 Å². The molecule has 1 heterocycles. The zero-order chi connectivity index (χ0) is 14.8. The zero-order valence-corrected chi connectivity index (χ0v) is 13.3. The maximum Gasteiger partial charge on any atom is 0.268 e. The fourth-order valence-electron chi connectivity index (χ4n) is 1.88. The normalized spacial score (nSPS) is 11.6. The summed E-state index contributed by atoms with van der Waals surface area (Å²) in [6.07, 6.45) is 0. The Bertz CT molecular complexity index is 683. The molecular weight excluding hydrogens is 344 g/mol. The van der Waals surface area contributed by atoms with Crippen LogP contribution in [0, 0.1) is 0 Å². The highest BCUT2D eigenvalue weighted by Gasteiger charge is 2.28. The number of halogens is 1. The Balaban J connectivity index is 2.49. The van der Waals surface area contributed by atoms with Gasteiger partial charge in [-0.2, -0.15) is 0 Å². The van der Waals surface area contributed by atoms with Crippen LogP contribution in [0.5, 0.6) is 0 Å². The van der Waals surface area contributed by atoms with Crippen LogP contribution in [-0.4, -0.2) is 15.0 Å². The van der Waals surface area contributed by atoms with Gasteiger partial charge in [0, 0.05) is 12.6 Å². The first-order chi connectivity index (χ1) is 9.50. The summed E-state index contributed by atoms with van der Waals surface area (Å²) in [4.78, 5) is 0.0867. The smallest absolute Gasteiger partial charge is 0.268 e. The average Bonchev–Trinajstić information content (AvgIpc) is 2.82. The van der Waals surface area contributed by atoms with Crippen molar-refractivity contribution in [3.05, 3.63) is 46.8 Å². The molecule has 0 aliphatic carbocycles. The van der Waals surface area contributed by atoms with Gasteiger partial charge in [0.25, 0.3) is 10.0 Å². The first-order valence-corrected chi connectivity index (χ1v) is 8.30. The van der Waals surface area contributed by atoms with Crippen molar-refractivity contribution in [1.29, 1.82) is 0 Å². The van der Waals surface area contributed by atoms with Crippen molar-refractivity contribution in [3.63, 3.8) is 0 Å². The first-order valence-electron chi connectivity index (χ1n) is 6.06. The van der Waals surface area contributed by atoms with Gasteiger partial charge in [0.1, 0.15) is 10.7 Å². The van der Waals surface area contributed by atoms with Crippen molar-refractivity contribution in [1.82, 2.24) is 0 Å². The lowest BCUT2D eigenvalue weighted by Gasteiger charge is -2.22. The third kappa shape index (κ3) is 2.74. The van der Waals surface area contributed by atoms with E-state index in [1.165, 1.54) is 10.4 Å². The van der Waals surface area contributed by atoms with Gasteiger partial charge < -0.3 is 10.2 Å². The number of sulfonamides is 1. The second-order valence-corrected chi connectivity index (χ2v) is 6.61. The first kappa shape index (κ1) is 15.1. The van der Waals surface area contributed by atoms with Gasteiger partial charge in [0.15, 0.2) is 4.67 Å². The highest BCUT2D eigenvalue weighted by Crippen LogP contribution is 2.31. The lowest BCUT2D eigenvalue weighted by molar-refractivity contribution is 0.484. The molecule has 2 N–H and O–H groups in total. The number of para-hydroxylation sites is 1. The second kappa shape index (κ2) is 5.99. The molecule has 0 spiro atoms. The number of anilines is 1. The number of furan rings is 1. The number of rotatable bonds is 5. The van der Waals surface area contributed by atoms with Crippen molar-refractivity contribution in [3.8, 4) is 0 Å². The lowest BCUT2D eigenvalue weighted by Crippen LogP contribution is -2.30. The van der Waals surface area contributed by atoms with Crippen LogP contribution < -0.4 is 10.0 Å². The van der Waals surface area contributed by atoms with Gasteiger partial charge in [0.05, 0.1) is 12.2 Å². The molecule has 7 heteroatoms. The maximum atomic E-state index is 12.7. The van der Waals surface area contributed by atoms with E-state index in [9.17, 15) is 8.42 Å². The molecule has 0 radical (unpaired) electrons. The molecule has 0 unspecified atom stereocenters. The Morgan fingerprint density at radius 2 is 1.95 bits per heavy atom. The Morgan fingerprint density at radius 1 is 1.30 bits per heavy atom. The van der Waals surface area contributed by atoms with Crippen LogP contribution in [0.3, 0.4) is 0 Å². The topological polar surface area (TPSA) is 76.5 Å². The molecule has 0 fully saturated rings. The van der Waals surface area contributed by atoms with E-state index < -0.39 is 10.0 Å². The third-order valence-corrected chi connectivity index (χ3v) is 5.57. The van der Waals surface area contributed by atoms with Gasteiger partial charge in [-0.15, -0.1) is 0 Å². The maximum absolute atomic E-state index is 12.7. The van der Waals surface area contributed by atoms with E-state index in [0.717, 1.165) is 0 Å². The highest BCUT2D eigenvalue weighted by molar-refractivity contribution is 9.10. The van der Waals surface area contributed by atoms with Crippen molar-refractivity contribution in [2.24, 2.45) is 5.73 Å². The summed E-state index contributed by atoms with van der Waals surface area (Å²) in [6.45, 7) is 2.25. The Hall–Kier alpha value is -1.31. The molecule has 5 nitrogen and oxygen atoms in total. The summed E-state index contributed by atoms with van der Waals surface area (Å²) < 4.78 is 32.2. The van der Waals surface area contributed by atoms with Crippen molar-refractivity contribution < 1.29 is 12.8 Å². The Morgan fingerprint density at radius 3 is 2.45 bits per heavy atom. The largest absolute Gasteiger partial charge is 0.452 e. The minimum atomic E-state index is -3.69.